The summed E-state index contributed by atoms with van der Waals surface area (Å²) >= 11 is 0. The third kappa shape index (κ3) is 3.51. The molecule has 1 unspecified atom stereocenters. The van der Waals surface area contributed by atoms with E-state index in [9.17, 15) is 8.78 Å². The molecule has 0 aliphatic heterocycles. The summed E-state index contributed by atoms with van der Waals surface area (Å²) in [4.78, 5) is 0. The van der Waals surface area contributed by atoms with Crippen molar-refractivity contribution in [1.29, 1.82) is 0 Å². The molecule has 1 aromatic rings. The van der Waals surface area contributed by atoms with E-state index in [0.29, 0.717) is 12.8 Å². The van der Waals surface area contributed by atoms with Crippen molar-refractivity contribution in [2.75, 3.05) is 6.54 Å². The average Bonchev–Trinajstić information content (AvgIpc) is 2.14. The minimum Gasteiger partial charge on any atom is -0.328 e. The molecule has 0 fully saturated rings. The Morgan fingerprint density at radius 1 is 1.38 bits per heavy atom. The third-order valence-corrected chi connectivity index (χ3v) is 1.89. The van der Waals surface area contributed by atoms with Gasteiger partial charge in [0.15, 0.2) is 0 Å². The Morgan fingerprint density at radius 2 is 2.15 bits per heavy atom. The lowest BCUT2D eigenvalue weighted by molar-refractivity contribution is 0.322. The molecule has 13 heavy (non-hydrogen) atoms. The maximum atomic E-state index is 12.7. The predicted molar refractivity (Wildman–Crippen MR) is 48.7 cm³/mol. The molecular formula is C10H13F2N. The molecule has 0 radical (unpaired) electrons. The zero-order valence-electron chi connectivity index (χ0n) is 7.34. The monoisotopic (exact) mass is 185 g/mol. The Labute approximate surface area is 76.6 Å². The Hall–Kier alpha value is -0.960. The van der Waals surface area contributed by atoms with Crippen LogP contribution in [0.2, 0.25) is 0 Å². The maximum Gasteiger partial charge on any atom is 0.123 e. The van der Waals surface area contributed by atoms with Crippen LogP contribution in [0.4, 0.5) is 8.78 Å². The fourth-order valence-electron chi connectivity index (χ4n) is 1.13. The summed E-state index contributed by atoms with van der Waals surface area (Å²) in [6, 6.07) is 6.20. The first-order valence-corrected chi connectivity index (χ1v) is 4.31. The number of rotatable bonds is 4. The van der Waals surface area contributed by atoms with Crippen LogP contribution in [-0.4, -0.2) is 12.7 Å². The highest BCUT2D eigenvalue weighted by Gasteiger charge is 2.03. The van der Waals surface area contributed by atoms with Crippen LogP contribution in [-0.2, 0) is 6.42 Å². The first kappa shape index (κ1) is 10.1. The molecule has 0 aliphatic rings. The van der Waals surface area contributed by atoms with E-state index < -0.39 is 6.17 Å². The van der Waals surface area contributed by atoms with Crippen LogP contribution in [0.1, 0.15) is 12.0 Å². The van der Waals surface area contributed by atoms with Gasteiger partial charge in [0.1, 0.15) is 12.0 Å². The number of alkyl halides is 1. The third-order valence-electron chi connectivity index (χ3n) is 1.89. The smallest absolute Gasteiger partial charge is 0.123 e. The van der Waals surface area contributed by atoms with E-state index in [2.05, 4.69) is 0 Å². The number of hydrogen-bond acceptors (Lipinski definition) is 1. The molecule has 0 saturated carbocycles. The Bertz CT molecular complexity index is 263. The fourth-order valence-corrected chi connectivity index (χ4v) is 1.13. The molecule has 1 rings (SSSR count). The van der Waals surface area contributed by atoms with Crippen molar-refractivity contribution in [1.82, 2.24) is 0 Å². The summed E-state index contributed by atoms with van der Waals surface area (Å²) in [7, 11) is 0. The molecule has 0 heterocycles. The zero-order valence-corrected chi connectivity index (χ0v) is 7.34. The molecular weight excluding hydrogens is 172 g/mol. The van der Waals surface area contributed by atoms with Crippen LogP contribution < -0.4 is 5.73 Å². The molecule has 3 heteroatoms. The van der Waals surface area contributed by atoms with Crippen LogP contribution in [0.3, 0.4) is 0 Å². The van der Waals surface area contributed by atoms with Gasteiger partial charge in [0, 0.05) is 6.54 Å². The molecule has 0 aliphatic carbocycles. The normalized spacial score (nSPS) is 12.8. The molecule has 0 bridgehead atoms. The van der Waals surface area contributed by atoms with Gasteiger partial charge >= 0.3 is 0 Å². The second-order valence-corrected chi connectivity index (χ2v) is 3.00. The second-order valence-electron chi connectivity index (χ2n) is 3.00. The fraction of sp³-hybridized carbons (Fsp3) is 0.400. The summed E-state index contributed by atoms with van der Waals surface area (Å²) in [6.45, 7) is 0.0370. The molecule has 0 amide bonds. The molecule has 0 aromatic heterocycles. The predicted octanol–water partition coefficient (Wildman–Crippen LogP) is 2.06. The second kappa shape index (κ2) is 4.92. The number of aryl methyl sites for hydroxylation is 1. The first-order chi connectivity index (χ1) is 6.22. The van der Waals surface area contributed by atoms with Crippen molar-refractivity contribution in [3.8, 4) is 0 Å². The molecule has 0 saturated heterocycles. The molecule has 72 valence electrons. The number of nitrogens with two attached hydrogens (primary N) is 1. The average molecular weight is 185 g/mol. The first-order valence-electron chi connectivity index (χ1n) is 4.31. The zero-order chi connectivity index (χ0) is 9.68. The lowest BCUT2D eigenvalue weighted by atomic mass is 10.1. The van der Waals surface area contributed by atoms with Gasteiger partial charge in [0.05, 0.1) is 0 Å². The SMILES string of the molecule is NCC(F)CCc1cccc(F)c1. The molecule has 2 N–H and O–H groups in total. The van der Waals surface area contributed by atoms with Crippen LogP contribution >= 0.6 is 0 Å². The van der Waals surface area contributed by atoms with Crippen LogP contribution in [0.5, 0.6) is 0 Å². The summed E-state index contributed by atoms with van der Waals surface area (Å²) in [5.41, 5.74) is 5.93. The van der Waals surface area contributed by atoms with Crippen LogP contribution in [0, 0.1) is 5.82 Å². The summed E-state index contributed by atoms with van der Waals surface area (Å²) in [6.07, 6.45) is -0.0842. The number of hydrogen-bond donors (Lipinski definition) is 1. The van der Waals surface area contributed by atoms with Gasteiger partial charge < -0.3 is 5.73 Å². The van der Waals surface area contributed by atoms with Crippen molar-refractivity contribution in [3.05, 3.63) is 35.6 Å². The molecule has 1 aromatic carbocycles. The van der Waals surface area contributed by atoms with Crippen molar-refractivity contribution in [2.24, 2.45) is 5.73 Å². The number of halogens is 2. The minimum atomic E-state index is -0.983. The largest absolute Gasteiger partial charge is 0.328 e. The Morgan fingerprint density at radius 3 is 2.77 bits per heavy atom. The van der Waals surface area contributed by atoms with Crippen molar-refractivity contribution >= 4 is 0 Å². The topological polar surface area (TPSA) is 26.0 Å². The number of benzene rings is 1. The van der Waals surface area contributed by atoms with Crippen molar-refractivity contribution in [3.63, 3.8) is 0 Å². The van der Waals surface area contributed by atoms with Crippen molar-refractivity contribution in [2.45, 2.75) is 19.0 Å². The van der Waals surface area contributed by atoms with E-state index in [0.717, 1.165) is 5.56 Å². The van der Waals surface area contributed by atoms with Crippen LogP contribution in [0.15, 0.2) is 24.3 Å². The summed E-state index contributed by atoms with van der Waals surface area (Å²) in [5.74, 6) is -0.277. The maximum absolute atomic E-state index is 12.7. The van der Waals surface area contributed by atoms with E-state index in [4.69, 9.17) is 5.73 Å². The van der Waals surface area contributed by atoms with E-state index in [-0.39, 0.29) is 12.4 Å². The van der Waals surface area contributed by atoms with Gasteiger partial charge in [0.25, 0.3) is 0 Å². The van der Waals surface area contributed by atoms with E-state index >= 15 is 0 Å². The van der Waals surface area contributed by atoms with Gasteiger partial charge in [-0.15, -0.1) is 0 Å². The standard InChI is InChI=1S/C10H13F2N/c11-9-3-1-2-8(6-9)4-5-10(12)7-13/h1-3,6,10H,4-5,7,13H2. The van der Waals surface area contributed by atoms with Gasteiger partial charge in [-0.2, -0.15) is 0 Å². The Kier molecular flexibility index (Phi) is 3.83. The Balaban J connectivity index is 2.45. The van der Waals surface area contributed by atoms with Gasteiger partial charge in [0.2, 0.25) is 0 Å². The highest BCUT2D eigenvalue weighted by atomic mass is 19.1. The highest BCUT2D eigenvalue weighted by Crippen LogP contribution is 2.08. The van der Waals surface area contributed by atoms with E-state index in [1.165, 1.54) is 12.1 Å². The quantitative estimate of drug-likeness (QED) is 0.763. The van der Waals surface area contributed by atoms with Crippen molar-refractivity contribution < 1.29 is 8.78 Å². The molecule has 1 nitrogen and oxygen atoms in total. The summed E-state index contributed by atoms with van der Waals surface area (Å²) < 4.78 is 25.4. The molecule has 0 spiro atoms. The summed E-state index contributed by atoms with van der Waals surface area (Å²) in [5, 5.41) is 0. The minimum absolute atomic E-state index is 0.0370. The molecule has 1 atom stereocenters. The highest BCUT2D eigenvalue weighted by molar-refractivity contribution is 5.16. The lowest BCUT2D eigenvalue weighted by Crippen LogP contribution is -2.15. The van der Waals surface area contributed by atoms with Crippen LogP contribution in [0.25, 0.3) is 0 Å². The van der Waals surface area contributed by atoms with Gasteiger partial charge in [-0.05, 0) is 30.5 Å². The van der Waals surface area contributed by atoms with Gasteiger partial charge in [-0.1, -0.05) is 12.1 Å². The lowest BCUT2D eigenvalue weighted by Gasteiger charge is -2.04. The van der Waals surface area contributed by atoms with E-state index in [1.807, 2.05) is 0 Å². The van der Waals surface area contributed by atoms with E-state index in [1.54, 1.807) is 12.1 Å². The van der Waals surface area contributed by atoms with Gasteiger partial charge in [-0.25, -0.2) is 8.78 Å². The van der Waals surface area contributed by atoms with Gasteiger partial charge in [-0.3, -0.25) is 0 Å².